The summed E-state index contributed by atoms with van der Waals surface area (Å²) in [4.78, 5) is 23.2. The molecule has 0 saturated carbocycles. The van der Waals surface area contributed by atoms with Crippen LogP contribution in [0, 0.1) is 0 Å². The minimum Gasteiger partial charge on any atom is -0.346 e. The average molecular weight is 253 g/mol. The van der Waals surface area contributed by atoms with E-state index in [0.29, 0.717) is 0 Å². The monoisotopic (exact) mass is 253 g/mol. The minimum atomic E-state index is -0.0405. The molecular weight excluding hydrogens is 238 g/mol. The lowest BCUT2D eigenvalue weighted by atomic mass is 10.0. The van der Waals surface area contributed by atoms with Crippen molar-refractivity contribution in [1.29, 1.82) is 0 Å². The summed E-state index contributed by atoms with van der Waals surface area (Å²) in [5.74, 6) is 0.0818. The molecule has 0 aliphatic heterocycles. The first-order valence-electron chi connectivity index (χ1n) is 6.53. The Morgan fingerprint density at radius 1 is 1.05 bits per heavy atom. The quantitative estimate of drug-likeness (QED) is 0.787. The van der Waals surface area contributed by atoms with Crippen LogP contribution >= 0.6 is 0 Å². The van der Waals surface area contributed by atoms with Gasteiger partial charge in [-0.05, 0) is 36.5 Å². The van der Waals surface area contributed by atoms with Gasteiger partial charge in [0.2, 0.25) is 0 Å². The third-order valence-electron chi connectivity index (χ3n) is 3.61. The van der Waals surface area contributed by atoms with Crippen LogP contribution in [0.3, 0.4) is 0 Å². The van der Waals surface area contributed by atoms with Gasteiger partial charge in [-0.25, -0.2) is 0 Å². The highest BCUT2D eigenvalue weighted by Gasteiger charge is 2.13. The second kappa shape index (κ2) is 4.84. The molecule has 0 fully saturated rings. The van der Waals surface area contributed by atoms with E-state index in [-0.39, 0.29) is 17.8 Å². The van der Waals surface area contributed by atoms with E-state index in [1.54, 1.807) is 17.0 Å². The Labute approximate surface area is 111 Å². The minimum absolute atomic E-state index is 0.0405. The van der Waals surface area contributed by atoms with E-state index < -0.39 is 0 Å². The van der Waals surface area contributed by atoms with Crippen LogP contribution in [0.25, 0.3) is 0 Å². The highest BCUT2D eigenvalue weighted by atomic mass is 16.1. The van der Waals surface area contributed by atoms with Crippen LogP contribution in [0.4, 0.5) is 0 Å². The Morgan fingerprint density at radius 3 is 2.58 bits per heavy atom. The first-order chi connectivity index (χ1) is 9.22. The van der Waals surface area contributed by atoms with Gasteiger partial charge in [0.05, 0.1) is 6.54 Å². The van der Waals surface area contributed by atoms with E-state index in [9.17, 15) is 9.59 Å². The first kappa shape index (κ1) is 11.9. The summed E-state index contributed by atoms with van der Waals surface area (Å²) >= 11 is 0. The van der Waals surface area contributed by atoms with Gasteiger partial charge in [0.1, 0.15) is 0 Å². The van der Waals surface area contributed by atoms with Gasteiger partial charge >= 0.3 is 0 Å². The normalized spacial score (nSPS) is 13.3. The number of ketones is 1. The van der Waals surface area contributed by atoms with Gasteiger partial charge in [0.15, 0.2) is 11.2 Å². The molecule has 96 valence electrons. The topological polar surface area (TPSA) is 39.1 Å². The summed E-state index contributed by atoms with van der Waals surface area (Å²) in [7, 11) is 0. The molecule has 0 spiro atoms. The number of pyridine rings is 1. The molecule has 1 aliphatic rings. The maximum absolute atomic E-state index is 12.2. The Kier molecular flexibility index (Phi) is 3.03. The molecule has 0 atom stereocenters. The largest absolute Gasteiger partial charge is 0.346 e. The first-order valence-corrected chi connectivity index (χ1v) is 6.53. The number of aromatic nitrogens is 1. The van der Waals surface area contributed by atoms with E-state index in [4.69, 9.17) is 0 Å². The number of carbonyl (C=O) groups excluding carboxylic acids is 1. The van der Waals surface area contributed by atoms with Crippen LogP contribution in [0.1, 0.15) is 27.9 Å². The summed E-state index contributed by atoms with van der Waals surface area (Å²) < 4.78 is 1.73. The fourth-order valence-corrected chi connectivity index (χ4v) is 2.55. The van der Waals surface area contributed by atoms with Gasteiger partial charge in [0.25, 0.3) is 0 Å². The molecule has 1 aromatic heterocycles. The lowest BCUT2D eigenvalue weighted by Crippen LogP contribution is -2.12. The van der Waals surface area contributed by atoms with Crippen LogP contribution in [-0.2, 0) is 19.4 Å². The van der Waals surface area contributed by atoms with E-state index in [1.165, 1.54) is 29.7 Å². The van der Waals surface area contributed by atoms with Crippen LogP contribution in [0.2, 0.25) is 0 Å². The smallest absolute Gasteiger partial charge is 0.182 e. The molecule has 1 aromatic carbocycles. The van der Waals surface area contributed by atoms with E-state index in [1.807, 2.05) is 12.1 Å². The Balaban J connectivity index is 1.80. The van der Waals surface area contributed by atoms with E-state index in [0.717, 1.165) is 18.4 Å². The Bertz CT molecular complexity index is 665. The number of benzene rings is 1. The van der Waals surface area contributed by atoms with E-state index in [2.05, 4.69) is 6.07 Å². The van der Waals surface area contributed by atoms with Crippen molar-refractivity contribution in [3.63, 3.8) is 0 Å². The van der Waals surface area contributed by atoms with E-state index >= 15 is 0 Å². The molecule has 2 aromatic rings. The fraction of sp³-hybridized carbons (Fsp3) is 0.250. The van der Waals surface area contributed by atoms with Crippen molar-refractivity contribution in [3.8, 4) is 0 Å². The van der Waals surface area contributed by atoms with Crippen molar-refractivity contribution in [2.75, 3.05) is 0 Å². The third kappa shape index (κ3) is 2.50. The molecule has 19 heavy (non-hydrogen) atoms. The molecule has 3 nitrogen and oxygen atoms in total. The summed E-state index contributed by atoms with van der Waals surface area (Å²) in [5, 5.41) is 0. The molecule has 0 radical (unpaired) electrons. The van der Waals surface area contributed by atoms with Crippen molar-refractivity contribution < 1.29 is 4.79 Å². The summed E-state index contributed by atoms with van der Waals surface area (Å²) in [6.45, 7) is 0.277. The van der Waals surface area contributed by atoms with Crippen LogP contribution < -0.4 is 5.43 Å². The molecular formula is C16H15NO2. The van der Waals surface area contributed by atoms with Crippen molar-refractivity contribution in [2.45, 2.75) is 25.8 Å². The standard InChI is InChI=1S/C16H15NO2/c18-15-6-8-17(9-7-15)11-16(19)14-5-4-12-2-1-3-13(12)10-14/h4-10H,1-3,11H2. The van der Waals surface area contributed by atoms with Crippen molar-refractivity contribution >= 4 is 5.78 Å². The van der Waals surface area contributed by atoms with Crippen LogP contribution in [0.5, 0.6) is 0 Å². The second-order valence-electron chi connectivity index (χ2n) is 4.97. The zero-order chi connectivity index (χ0) is 13.2. The molecule has 0 saturated heterocycles. The molecule has 0 unspecified atom stereocenters. The molecule has 1 aliphatic carbocycles. The van der Waals surface area contributed by atoms with Gasteiger partial charge in [-0.2, -0.15) is 0 Å². The lowest BCUT2D eigenvalue weighted by molar-refractivity contribution is 0.0972. The molecule has 1 heterocycles. The number of fused-ring (bicyclic) bond motifs is 1. The third-order valence-corrected chi connectivity index (χ3v) is 3.61. The molecule has 3 heteroatoms. The van der Waals surface area contributed by atoms with Crippen molar-refractivity contribution in [3.05, 3.63) is 69.6 Å². The highest BCUT2D eigenvalue weighted by molar-refractivity contribution is 5.96. The highest BCUT2D eigenvalue weighted by Crippen LogP contribution is 2.23. The molecule has 3 rings (SSSR count). The number of carbonyl (C=O) groups is 1. The number of rotatable bonds is 3. The summed E-state index contributed by atoms with van der Waals surface area (Å²) in [6, 6.07) is 8.94. The molecule has 0 amide bonds. The predicted octanol–water partition coefficient (Wildman–Crippen LogP) is 2.22. The predicted molar refractivity (Wildman–Crippen MR) is 73.5 cm³/mol. The van der Waals surface area contributed by atoms with Gasteiger partial charge in [0, 0.05) is 30.1 Å². The van der Waals surface area contributed by atoms with Gasteiger partial charge in [-0.1, -0.05) is 12.1 Å². The zero-order valence-electron chi connectivity index (χ0n) is 10.6. The molecule has 0 N–H and O–H groups in total. The SMILES string of the molecule is O=C(Cn1ccc(=O)cc1)c1ccc2c(c1)CCC2. The zero-order valence-corrected chi connectivity index (χ0v) is 10.6. The van der Waals surface area contributed by atoms with Crippen LogP contribution in [-0.4, -0.2) is 10.4 Å². The van der Waals surface area contributed by atoms with Crippen LogP contribution in [0.15, 0.2) is 47.5 Å². The summed E-state index contributed by atoms with van der Waals surface area (Å²) in [5.41, 5.74) is 3.41. The van der Waals surface area contributed by atoms with Gasteiger partial charge < -0.3 is 4.57 Å². The number of nitrogens with zero attached hydrogens (tertiary/aromatic N) is 1. The fourth-order valence-electron chi connectivity index (χ4n) is 2.55. The maximum atomic E-state index is 12.2. The molecule has 0 bridgehead atoms. The lowest BCUT2D eigenvalue weighted by Gasteiger charge is -2.07. The van der Waals surface area contributed by atoms with Crippen molar-refractivity contribution in [1.82, 2.24) is 4.57 Å². The number of hydrogen-bond acceptors (Lipinski definition) is 2. The Morgan fingerprint density at radius 2 is 1.79 bits per heavy atom. The van der Waals surface area contributed by atoms with Gasteiger partial charge in [-0.15, -0.1) is 0 Å². The second-order valence-corrected chi connectivity index (χ2v) is 4.97. The Hall–Kier alpha value is -2.16. The van der Waals surface area contributed by atoms with Crippen molar-refractivity contribution in [2.24, 2.45) is 0 Å². The number of aryl methyl sites for hydroxylation is 2. The number of hydrogen-bond donors (Lipinski definition) is 0. The number of Topliss-reactive ketones (excluding diaryl/α,β-unsaturated/α-hetero) is 1. The average Bonchev–Trinajstić information content (AvgIpc) is 2.88. The summed E-state index contributed by atoms with van der Waals surface area (Å²) in [6.07, 6.45) is 6.69. The van der Waals surface area contributed by atoms with Gasteiger partial charge in [-0.3, -0.25) is 9.59 Å². The maximum Gasteiger partial charge on any atom is 0.182 e.